The summed E-state index contributed by atoms with van der Waals surface area (Å²) in [6, 6.07) is 0. The van der Waals surface area contributed by atoms with Crippen LogP contribution in [0, 0.1) is 0 Å². The molecule has 0 atom stereocenters. The lowest BCUT2D eigenvalue weighted by Gasteiger charge is -2.37. The van der Waals surface area contributed by atoms with Crippen molar-refractivity contribution in [3.8, 4) is 0 Å². The van der Waals surface area contributed by atoms with Crippen LogP contribution in [0.5, 0.6) is 0 Å². The van der Waals surface area contributed by atoms with E-state index in [1.165, 1.54) is 0 Å². The molecule has 1 aliphatic heterocycles. The van der Waals surface area contributed by atoms with Gasteiger partial charge in [0.05, 0.1) is 17.1 Å². The fraction of sp³-hybridized carbons (Fsp3) is 0.583. The number of aromatic nitrogens is 4. The maximum Gasteiger partial charge on any atom is 0.163 e. The topological polar surface area (TPSA) is 90.9 Å². The molecular weight excluding hydrogens is 244 g/mol. The molecule has 0 spiro atoms. The first-order valence-corrected chi connectivity index (χ1v) is 6.43. The summed E-state index contributed by atoms with van der Waals surface area (Å²) in [6.07, 6.45) is 5.10. The number of rotatable bonds is 3. The number of nitrogens with two attached hydrogens (primary N) is 1. The van der Waals surface area contributed by atoms with E-state index in [1.807, 2.05) is 7.05 Å². The average molecular weight is 262 g/mol. The molecule has 1 saturated heterocycles. The van der Waals surface area contributed by atoms with Gasteiger partial charge < -0.3 is 15.8 Å². The van der Waals surface area contributed by atoms with Gasteiger partial charge in [-0.1, -0.05) is 0 Å². The standard InChI is InChI=1S/C12H18N6O/c1-18-11-9(6-16-18)10(14-8-15-11)17-12(7-13)2-4-19-5-3-12/h6,8H,2-5,7,13H2,1H3,(H,14,15,17). The van der Waals surface area contributed by atoms with Gasteiger partial charge in [0.1, 0.15) is 12.1 Å². The van der Waals surface area contributed by atoms with Gasteiger partial charge in [-0.25, -0.2) is 9.97 Å². The molecule has 0 bridgehead atoms. The lowest BCUT2D eigenvalue weighted by atomic mass is 9.90. The van der Waals surface area contributed by atoms with Crippen LogP contribution in [0.1, 0.15) is 12.8 Å². The summed E-state index contributed by atoms with van der Waals surface area (Å²) in [7, 11) is 1.87. The molecule has 0 aromatic carbocycles. The largest absolute Gasteiger partial charge is 0.381 e. The first-order valence-electron chi connectivity index (χ1n) is 6.43. The summed E-state index contributed by atoms with van der Waals surface area (Å²) in [5, 5.41) is 8.63. The Bertz CT molecular complexity index is 575. The fourth-order valence-corrected chi connectivity index (χ4v) is 2.46. The molecule has 102 valence electrons. The molecule has 1 aliphatic rings. The van der Waals surface area contributed by atoms with Crippen LogP contribution in [0.2, 0.25) is 0 Å². The molecule has 0 unspecified atom stereocenters. The van der Waals surface area contributed by atoms with E-state index in [4.69, 9.17) is 10.5 Å². The molecule has 0 amide bonds. The minimum atomic E-state index is -0.143. The third-order valence-electron chi connectivity index (χ3n) is 3.75. The number of anilines is 1. The van der Waals surface area contributed by atoms with Gasteiger partial charge in [0.2, 0.25) is 0 Å². The minimum Gasteiger partial charge on any atom is -0.381 e. The highest BCUT2D eigenvalue weighted by molar-refractivity contribution is 5.86. The van der Waals surface area contributed by atoms with Crippen molar-refractivity contribution in [2.45, 2.75) is 18.4 Å². The zero-order chi connectivity index (χ0) is 13.3. The Morgan fingerprint density at radius 2 is 2.21 bits per heavy atom. The first kappa shape index (κ1) is 12.3. The van der Waals surface area contributed by atoms with Crippen molar-refractivity contribution in [2.24, 2.45) is 12.8 Å². The third-order valence-corrected chi connectivity index (χ3v) is 3.75. The van der Waals surface area contributed by atoms with Crippen LogP contribution in [0.15, 0.2) is 12.5 Å². The Hall–Kier alpha value is -1.73. The van der Waals surface area contributed by atoms with E-state index in [-0.39, 0.29) is 5.54 Å². The lowest BCUT2D eigenvalue weighted by Crippen LogP contribution is -2.49. The van der Waals surface area contributed by atoms with Gasteiger partial charge in [-0.05, 0) is 12.8 Å². The van der Waals surface area contributed by atoms with Crippen LogP contribution in [0.25, 0.3) is 11.0 Å². The highest BCUT2D eigenvalue weighted by atomic mass is 16.5. The Labute approximate surface area is 111 Å². The van der Waals surface area contributed by atoms with E-state index in [0.29, 0.717) is 6.54 Å². The second kappa shape index (κ2) is 4.75. The second-order valence-corrected chi connectivity index (χ2v) is 4.95. The maximum absolute atomic E-state index is 5.95. The summed E-state index contributed by atoms with van der Waals surface area (Å²) < 4.78 is 7.15. The smallest absolute Gasteiger partial charge is 0.163 e. The number of ether oxygens (including phenoxy) is 1. The van der Waals surface area contributed by atoms with Crippen molar-refractivity contribution < 1.29 is 4.74 Å². The number of nitrogens with zero attached hydrogens (tertiary/aromatic N) is 4. The highest BCUT2D eigenvalue weighted by Gasteiger charge is 2.32. The van der Waals surface area contributed by atoms with Crippen molar-refractivity contribution in [1.82, 2.24) is 19.7 Å². The van der Waals surface area contributed by atoms with Gasteiger partial charge in [0, 0.05) is 26.8 Å². The molecule has 3 rings (SSSR count). The van der Waals surface area contributed by atoms with Gasteiger partial charge in [-0.3, -0.25) is 4.68 Å². The summed E-state index contributed by atoms with van der Waals surface area (Å²) in [4.78, 5) is 8.57. The van der Waals surface area contributed by atoms with Crippen molar-refractivity contribution in [3.05, 3.63) is 12.5 Å². The molecule has 19 heavy (non-hydrogen) atoms. The van der Waals surface area contributed by atoms with Crippen LogP contribution in [-0.4, -0.2) is 45.0 Å². The molecular formula is C12H18N6O. The van der Waals surface area contributed by atoms with E-state index >= 15 is 0 Å². The zero-order valence-corrected chi connectivity index (χ0v) is 11.0. The van der Waals surface area contributed by atoms with Crippen molar-refractivity contribution in [2.75, 3.05) is 25.1 Å². The summed E-state index contributed by atoms with van der Waals surface area (Å²) >= 11 is 0. The van der Waals surface area contributed by atoms with Crippen molar-refractivity contribution in [1.29, 1.82) is 0 Å². The van der Waals surface area contributed by atoms with Gasteiger partial charge >= 0.3 is 0 Å². The quantitative estimate of drug-likeness (QED) is 0.826. The molecule has 7 heteroatoms. The SMILES string of the molecule is Cn1ncc2c(NC3(CN)CCOCC3)ncnc21. The van der Waals surface area contributed by atoms with E-state index in [0.717, 1.165) is 42.9 Å². The molecule has 2 aromatic heterocycles. The highest BCUT2D eigenvalue weighted by Crippen LogP contribution is 2.27. The number of fused-ring (bicyclic) bond motifs is 1. The number of nitrogens with one attached hydrogen (secondary N) is 1. The zero-order valence-electron chi connectivity index (χ0n) is 11.0. The Kier molecular flexibility index (Phi) is 3.08. The first-order chi connectivity index (χ1) is 9.24. The predicted octanol–water partition coefficient (Wildman–Crippen LogP) is 0.283. The van der Waals surface area contributed by atoms with Crippen LogP contribution < -0.4 is 11.1 Å². The van der Waals surface area contributed by atoms with Gasteiger partial charge in [0.25, 0.3) is 0 Å². The van der Waals surface area contributed by atoms with Crippen LogP contribution in [-0.2, 0) is 11.8 Å². The van der Waals surface area contributed by atoms with Crippen LogP contribution in [0.3, 0.4) is 0 Å². The van der Waals surface area contributed by atoms with Crippen LogP contribution in [0.4, 0.5) is 5.82 Å². The number of hydrogen-bond donors (Lipinski definition) is 2. The Balaban J connectivity index is 1.95. The normalized spacial score (nSPS) is 18.6. The van der Waals surface area contributed by atoms with E-state index in [2.05, 4.69) is 20.4 Å². The number of hydrogen-bond acceptors (Lipinski definition) is 6. The Morgan fingerprint density at radius 1 is 1.42 bits per heavy atom. The lowest BCUT2D eigenvalue weighted by molar-refractivity contribution is 0.0627. The number of aryl methyl sites for hydroxylation is 1. The molecule has 3 N–H and O–H groups in total. The molecule has 0 aliphatic carbocycles. The van der Waals surface area contributed by atoms with E-state index in [9.17, 15) is 0 Å². The molecule has 0 saturated carbocycles. The maximum atomic E-state index is 5.95. The summed E-state index contributed by atoms with van der Waals surface area (Å²) in [5.74, 6) is 0.797. The molecule has 3 heterocycles. The fourth-order valence-electron chi connectivity index (χ4n) is 2.46. The van der Waals surface area contributed by atoms with Gasteiger partial charge in [0.15, 0.2) is 5.65 Å². The minimum absolute atomic E-state index is 0.143. The summed E-state index contributed by atoms with van der Waals surface area (Å²) in [6.45, 7) is 2.01. The van der Waals surface area contributed by atoms with Gasteiger partial charge in [-0.15, -0.1) is 0 Å². The predicted molar refractivity (Wildman–Crippen MR) is 71.8 cm³/mol. The molecule has 1 fully saturated rings. The van der Waals surface area contributed by atoms with E-state index in [1.54, 1.807) is 17.2 Å². The van der Waals surface area contributed by atoms with Crippen molar-refractivity contribution in [3.63, 3.8) is 0 Å². The third kappa shape index (κ3) is 2.15. The van der Waals surface area contributed by atoms with Crippen molar-refractivity contribution >= 4 is 16.9 Å². The van der Waals surface area contributed by atoms with Crippen LogP contribution >= 0.6 is 0 Å². The Morgan fingerprint density at radius 3 is 2.95 bits per heavy atom. The second-order valence-electron chi connectivity index (χ2n) is 4.95. The molecule has 2 aromatic rings. The summed E-state index contributed by atoms with van der Waals surface area (Å²) in [5.41, 5.74) is 6.63. The molecule has 7 nitrogen and oxygen atoms in total. The average Bonchev–Trinajstić information content (AvgIpc) is 2.83. The van der Waals surface area contributed by atoms with Gasteiger partial charge in [-0.2, -0.15) is 5.10 Å². The monoisotopic (exact) mass is 262 g/mol. The molecule has 0 radical (unpaired) electrons. The van der Waals surface area contributed by atoms with E-state index < -0.39 is 0 Å².